The molecular weight excluding hydrogens is 234 g/mol. The first-order chi connectivity index (χ1) is 8.08. The Morgan fingerprint density at radius 2 is 2.06 bits per heavy atom. The fourth-order valence-electron chi connectivity index (χ4n) is 1.63. The van der Waals surface area contributed by atoms with Gasteiger partial charge in [-0.05, 0) is 24.3 Å². The summed E-state index contributed by atoms with van der Waals surface area (Å²) in [4.78, 5) is 15.5. The summed E-state index contributed by atoms with van der Waals surface area (Å²) < 4.78 is 0. The zero-order chi connectivity index (χ0) is 12.4. The number of hydrogen-bond donors (Lipinski definition) is 1. The van der Waals surface area contributed by atoms with Gasteiger partial charge in [0.05, 0.1) is 16.1 Å². The van der Waals surface area contributed by atoms with Crippen molar-refractivity contribution in [1.82, 2.24) is 4.98 Å². The van der Waals surface area contributed by atoms with E-state index in [0.717, 1.165) is 10.5 Å². The Hall–Kier alpha value is -1.55. The van der Waals surface area contributed by atoms with Crippen molar-refractivity contribution in [3.8, 4) is 0 Å². The summed E-state index contributed by atoms with van der Waals surface area (Å²) in [5, 5.41) is 11.1. The molecule has 0 radical (unpaired) electrons. The standard InChI is InChI=1S/C13H13NO2S/c1-8(2)17-12-7-6-9-10(13(15)16)4-3-5-11(9)14-12/h3-8H,1-2H3,(H,15,16). The highest BCUT2D eigenvalue weighted by atomic mass is 32.2. The van der Waals surface area contributed by atoms with Gasteiger partial charge in [-0.2, -0.15) is 0 Å². The second kappa shape index (κ2) is 4.75. The molecule has 1 aromatic heterocycles. The number of benzene rings is 1. The molecule has 0 atom stereocenters. The lowest BCUT2D eigenvalue weighted by atomic mass is 10.1. The molecule has 0 aliphatic rings. The topological polar surface area (TPSA) is 50.2 Å². The van der Waals surface area contributed by atoms with Crippen molar-refractivity contribution < 1.29 is 9.90 Å². The van der Waals surface area contributed by atoms with Crippen LogP contribution in [0.15, 0.2) is 35.4 Å². The first-order valence-corrected chi connectivity index (χ1v) is 6.25. The normalized spacial score (nSPS) is 11.0. The Morgan fingerprint density at radius 3 is 2.71 bits per heavy atom. The number of aromatic carboxylic acids is 1. The summed E-state index contributed by atoms with van der Waals surface area (Å²) in [5.74, 6) is -0.915. The third-order valence-corrected chi connectivity index (χ3v) is 3.23. The van der Waals surface area contributed by atoms with Crippen LogP contribution < -0.4 is 0 Å². The van der Waals surface area contributed by atoms with Crippen molar-refractivity contribution in [3.05, 3.63) is 35.9 Å². The Bertz CT molecular complexity index is 566. The SMILES string of the molecule is CC(C)Sc1ccc2c(C(=O)O)cccc2n1. The van der Waals surface area contributed by atoms with Crippen molar-refractivity contribution in [1.29, 1.82) is 0 Å². The number of carboxylic acid groups (broad SMARTS) is 1. The lowest BCUT2D eigenvalue weighted by Gasteiger charge is -2.06. The molecule has 0 amide bonds. The van der Waals surface area contributed by atoms with E-state index in [9.17, 15) is 4.79 Å². The molecule has 1 aromatic carbocycles. The number of carboxylic acids is 1. The molecule has 0 bridgehead atoms. The summed E-state index contributed by atoms with van der Waals surface area (Å²) in [7, 11) is 0. The summed E-state index contributed by atoms with van der Waals surface area (Å²) in [6.07, 6.45) is 0. The first kappa shape index (κ1) is 11.9. The van der Waals surface area contributed by atoms with Crippen LogP contribution in [0.1, 0.15) is 24.2 Å². The molecule has 0 spiro atoms. The van der Waals surface area contributed by atoms with Crippen molar-refractivity contribution in [2.45, 2.75) is 24.1 Å². The van der Waals surface area contributed by atoms with E-state index < -0.39 is 5.97 Å². The lowest BCUT2D eigenvalue weighted by molar-refractivity contribution is 0.0699. The highest BCUT2D eigenvalue weighted by Gasteiger charge is 2.09. The average Bonchev–Trinajstić information content (AvgIpc) is 2.26. The summed E-state index contributed by atoms with van der Waals surface area (Å²) in [5.41, 5.74) is 1.03. The summed E-state index contributed by atoms with van der Waals surface area (Å²) >= 11 is 1.67. The molecular formula is C13H13NO2S. The molecule has 0 fully saturated rings. The van der Waals surface area contributed by atoms with Gasteiger partial charge in [0.2, 0.25) is 0 Å². The number of hydrogen-bond acceptors (Lipinski definition) is 3. The van der Waals surface area contributed by atoms with Crippen LogP contribution in [0.25, 0.3) is 10.9 Å². The maximum absolute atomic E-state index is 11.0. The largest absolute Gasteiger partial charge is 0.478 e. The van der Waals surface area contributed by atoms with Crippen molar-refractivity contribution in [2.75, 3.05) is 0 Å². The zero-order valence-corrected chi connectivity index (χ0v) is 10.5. The fraction of sp³-hybridized carbons (Fsp3) is 0.231. The summed E-state index contributed by atoms with van der Waals surface area (Å²) in [6.45, 7) is 4.20. The third kappa shape index (κ3) is 2.58. The van der Waals surface area contributed by atoms with Crippen LogP contribution in [0.5, 0.6) is 0 Å². The van der Waals surface area contributed by atoms with E-state index in [1.54, 1.807) is 23.9 Å². The number of rotatable bonds is 3. The number of pyridine rings is 1. The highest BCUT2D eigenvalue weighted by molar-refractivity contribution is 7.99. The Labute approximate surface area is 104 Å². The number of nitrogens with zero attached hydrogens (tertiary/aromatic N) is 1. The van der Waals surface area contributed by atoms with Crippen molar-refractivity contribution in [3.63, 3.8) is 0 Å². The van der Waals surface area contributed by atoms with Gasteiger partial charge in [-0.1, -0.05) is 19.9 Å². The molecule has 17 heavy (non-hydrogen) atoms. The second-order valence-corrected chi connectivity index (χ2v) is 5.59. The maximum atomic E-state index is 11.0. The molecule has 0 saturated heterocycles. The minimum Gasteiger partial charge on any atom is -0.478 e. The van der Waals surface area contributed by atoms with E-state index in [4.69, 9.17) is 5.11 Å². The van der Waals surface area contributed by atoms with Gasteiger partial charge >= 0.3 is 5.97 Å². The molecule has 2 aromatic rings. The monoisotopic (exact) mass is 247 g/mol. The van der Waals surface area contributed by atoms with Crippen LogP contribution in [0.4, 0.5) is 0 Å². The molecule has 0 aliphatic carbocycles. The first-order valence-electron chi connectivity index (χ1n) is 5.37. The van der Waals surface area contributed by atoms with Crippen molar-refractivity contribution in [2.24, 2.45) is 0 Å². The molecule has 2 rings (SSSR count). The average molecular weight is 247 g/mol. The number of aromatic nitrogens is 1. The van der Waals surface area contributed by atoms with E-state index >= 15 is 0 Å². The van der Waals surface area contributed by atoms with Gasteiger partial charge in [-0.3, -0.25) is 0 Å². The number of thioether (sulfide) groups is 1. The number of carbonyl (C=O) groups is 1. The van der Waals surface area contributed by atoms with Gasteiger partial charge in [0.25, 0.3) is 0 Å². The van der Waals surface area contributed by atoms with E-state index in [0.29, 0.717) is 16.2 Å². The predicted molar refractivity (Wildman–Crippen MR) is 69.7 cm³/mol. The number of fused-ring (bicyclic) bond motifs is 1. The Balaban J connectivity index is 2.53. The molecule has 88 valence electrons. The molecule has 0 aliphatic heterocycles. The van der Waals surface area contributed by atoms with Crippen LogP contribution in [-0.4, -0.2) is 21.3 Å². The molecule has 3 nitrogen and oxygen atoms in total. The van der Waals surface area contributed by atoms with Gasteiger partial charge < -0.3 is 5.11 Å². The van der Waals surface area contributed by atoms with E-state index in [2.05, 4.69) is 18.8 Å². The van der Waals surface area contributed by atoms with Crippen LogP contribution in [0.3, 0.4) is 0 Å². The van der Waals surface area contributed by atoms with Crippen molar-refractivity contribution >= 4 is 28.6 Å². The van der Waals surface area contributed by atoms with E-state index in [1.807, 2.05) is 18.2 Å². The van der Waals surface area contributed by atoms with Crippen LogP contribution in [-0.2, 0) is 0 Å². The zero-order valence-electron chi connectivity index (χ0n) is 9.68. The van der Waals surface area contributed by atoms with Gasteiger partial charge in [0.15, 0.2) is 0 Å². The second-order valence-electron chi connectivity index (χ2n) is 3.99. The molecule has 1 heterocycles. The summed E-state index contributed by atoms with van der Waals surface area (Å²) in [6, 6.07) is 8.87. The van der Waals surface area contributed by atoms with Gasteiger partial charge in [-0.15, -0.1) is 11.8 Å². The molecule has 0 unspecified atom stereocenters. The fourth-order valence-corrected chi connectivity index (χ4v) is 2.41. The maximum Gasteiger partial charge on any atom is 0.336 e. The Kier molecular flexibility index (Phi) is 3.33. The quantitative estimate of drug-likeness (QED) is 0.844. The Morgan fingerprint density at radius 1 is 1.29 bits per heavy atom. The predicted octanol–water partition coefficient (Wildman–Crippen LogP) is 3.43. The highest BCUT2D eigenvalue weighted by Crippen LogP contribution is 2.25. The molecule has 4 heteroatoms. The third-order valence-electron chi connectivity index (χ3n) is 2.29. The minimum atomic E-state index is -0.915. The lowest BCUT2D eigenvalue weighted by Crippen LogP contribution is -1.98. The van der Waals surface area contributed by atoms with Gasteiger partial charge in [0, 0.05) is 10.6 Å². The van der Waals surface area contributed by atoms with E-state index in [1.165, 1.54) is 0 Å². The smallest absolute Gasteiger partial charge is 0.336 e. The molecule has 0 saturated carbocycles. The van der Waals surface area contributed by atoms with Crippen LogP contribution in [0, 0.1) is 0 Å². The molecule has 1 N–H and O–H groups in total. The van der Waals surface area contributed by atoms with Gasteiger partial charge in [-0.25, -0.2) is 9.78 Å². The van der Waals surface area contributed by atoms with E-state index in [-0.39, 0.29) is 0 Å². The minimum absolute atomic E-state index is 0.302. The van der Waals surface area contributed by atoms with Crippen LogP contribution >= 0.6 is 11.8 Å². The van der Waals surface area contributed by atoms with Crippen LogP contribution in [0.2, 0.25) is 0 Å². The van der Waals surface area contributed by atoms with Gasteiger partial charge in [0.1, 0.15) is 0 Å².